The van der Waals surface area contributed by atoms with Crippen molar-refractivity contribution in [1.82, 2.24) is 4.57 Å². The number of carbonyl (C=O) groups is 2. The monoisotopic (exact) mass is 587 g/mol. The fourth-order valence-electron chi connectivity index (χ4n) is 5.56. The Hall–Kier alpha value is -3.68. The minimum absolute atomic E-state index is 0.157. The Morgan fingerprint density at radius 2 is 1.78 bits per heavy atom. The number of aromatic carboxylic acids is 1. The van der Waals surface area contributed by atoms with Crippen LogP contribution in [0.4, 0.5) is 10.7 Å². The third kappa shape index (κ3) is 6.02. The number of benzene rings is 2. The predicted octanol–water partition coefficient (Wildman–Crippen LogP) is 8.66. The molecule has 2 N–H and O–H groups in total. The number of aryl methyl sites for hydroxylation is 1. The standard InChI is InChI=1S/C33H34ClN3O3S/c1-19-16-22(20(2)37(19)26-13-6-21(7-14-26)32(39)40)18-35-31-29(30(38)36-25-11-9-24(34)10-12-25)27-15-8-23(33(3,4)5)17-28(27)41-31/h6-7,9-14,16,18,23H,8,15,17H2,1-5H3,(H,36,38)(H,39,40)/t23-/m1/s1. The number of rotatable bonds is 6. The number of amides is 1. The van der Waals surface area contributed by atoms with Gasteiger partial charge >= 0.3 is 5.97 Å². The van der Waals surface area contributed by atoms with Crippen molar-refractivity contribution in [1.29, 1.82) is 0 Å². The topological polar surface area (TPSA) is 83.7 Å². The van der Waals surface area contributed by atoms with Crippen molar-refractivity contribution in [2.75, 3.05) is 5.32 Å². The second-order valence-electron chi connectivity index (χ2n) is 11.7. The Kier molecular flexibility index (Phi) is 7.95. The van der Waals surface area contributed by atoms with Crippen molar-refractivity contribution < 1.29 is 14.7 Å². The number of nitrogens with zero attached hydrogens (tertiary/aromatic N) is 2. The van der Waals surface area contributed by atoms with Crippen LogP contribution in [0.25, 0.3) is 5.69 Å². The van der Waals surface area contributed by atoms with E-state index in [1.165, 1.54) is 4.88 Å². The highest BCUT2D eigenvalue weighted by atomic mass is 35.5. The molecule has 6 nitrogen and oxygen atoms in total. The zero-order chi connectivity index (χ0) is 29.5. The van der Waals surface area contributed by atoms with E-state index >= 15 is 0 Å². The number of carboxylic acid groups (broad SMARTS) is 1. The molecule has 2 aromatic heterocycles. The SMILES string of the molecule is Cc1cc(C=Nc2sc3c(c2C(=O)Nc2ccc(Cl)cc2)CC[C@@H](C(C)(C)C)C3)c(C)n1-c1ccc(C(=O)O)cc1. The highest BCUT2D eigenvalue weighted by molar-refractivity contribution is 7.16. The van der Waals surface area contributed by atoms with Gasteiger partial charge < -0.3 is 15.0 Å². The molecule has 2 aromatic carbocycles. The molecule has 1 aliphatic carbocycles. The summed E-state index contributed by atoms with van der Waals surface area (Å²) >= 11 is 7.66. The second kappa shape index (κ2) is 11.3. The number of anilines is 1. The molecule has 0 spiro atoms. The molecule has 1 amide bonds. The second-order valence-corrected chi connectivity index (χ2v) is 13.2. The fraction of sp³-hybridized carbons (Fsp3) is 0.303. The van der Waals surface area contributed by atoms with E-state index in [4.69, 9.17) is 16.6 Å². The minimum atomic E-state index is -0.950. The molecule has 0 saturated heterocycles. The highest BCUT2D eigenvalue weighted by Gasteiger charge is 2.33. The van der Waals surface area contributed by atoms with Gasteiger partial charge in [-0.2, -0.15) is 0 Å². The third-order valence-corrected chi connectivity index (χ3v) is 9.38. The fourth-order valence-corrected chi connectivity index (χ4v) is 6.95. The van der Waals surface area contributed by atoms with Crippen LogP contribution in [0, 0.1) is 25.2 Å². The van der Waals surface area contributed by atoms with Gasteiger partial charge in [-0.3, -0.25) is 4.79 Å². The molecule has 0 fully saturated rings. The molecule has 1 atom stereocenters. The van der Waals surface area contributed by atoms with Gasteiger partial charge in [0, 0.05) is 44.4 Å². The number of carbonyl (C=O) groups excluding carboxylic acids is 1. The maximum absolute atomic E-state index is 13.7. The quantitative estimate of drug-likeness (QED) is 0.221. The molecule has 2 heterocycles. The molecule has 41 heavy (non-hydrogen) atoms. The molecule has 0 radical (unpaired) electrons. The Morgan fingerprint density at radius 1 is 1.10 bits per heavy atom. The largest absolute Gasteiger partial charge is 0.478 e. The first-order valence-corrected chi connectivity index (χ1v) is 14.9. The van der Waals surface area contributed by atoms with Crippen LogP contribution in [0.3, 0.4) is 0 Å². The average molecular weight is 588 g/mol. The van der Waals surface area contributed by atoms with Crippen LogP contribution in [0.1, 0.15) is 75.3 Å². The van der Waals surface area contributed by atoms with Gasteiger partial charge in [-0.05, 0) is 105 Å². The van der Waals surface area contributed by atoms with E-state index in [-0.39, 0.29) is 16.9 Å². The molecular weight excluding hydrogens is 554 g/mol. The van der Waals surface area contributed by atoms with E-state index in [2.05, 4.69) is 36.7 Å². The summed E-state index contributed by atoms with van der Waals surface area (Å²) < 4.78 is 2.08. The normalized spacial score (nSPS) is 15.2. The molecule has 0 unspecified atom stereocenters. The highest BCUT2D eigenvalue weighted by Crippen LogP contribution is 2.45. The smallest absolute Gasteiger partial charge is 0.335 e. The number of aromatic nitrogens is 1. The maximum atomic E-state index is 13.7. The molecule has 1 aliphatic rings. The lowest BCUT2D eigenvalue weighted by Crippen LogP contribution is -2.27. The van der Waals surface area contributed by atoms with Crippen LogP contribution >= 0.6 is 22.9 Å². The zero-order valence-corrected chi connectivity index (χ0v) is 25.5. The summed E-state index contributed by atoms with van der Waals surface area (Å²) in [6, 6.07) is 16.0. The van der Waals surface area contributed by atoms with Crippen LogP contribution in [-0.2, 0) is 12.8 Å². The van der Waals surface area contributed by atoms with Crippen LogP contribution in [0.5, 0.6) is 0 Å². The Labute approximate surface area is 249 Å². The molecule has 0 bridgehead atoms. The van der Waals surface area contributed by atoms with Gasteiger partial charge in [0.05, 0.1) is 11.1 Å². The first-order valence-electron chi connectivity index (χ1n) is 13.7. The maximum Gasteiger partial charge on any atom is 0.335 e. The van der Waals surface area contributed by atoms with Crippen LogP contribution in [0.2, 0.25) is 5.02 Å². The van der Waals surface area contributed by atoms with E-state index in [9.17, 15) is 14.7 Å². The van der Waals surface area contributed by atoms with Crippen molar-refractivity contribution in [2.45, 2.75) is 53.9 Å². The predicted molar refractivity (Wildman–Crippen MR) is 168 cm³/mol. The molecule has 0 aliphatic heterocycles. The van der Waals surface area contributed by atoms with Gasteiger partial charge in [0.2, 0.25) is 0 Å². The summed E-state index contributed by atoms with van der Waals surface area (Å²) in [5.74, 6) is -0.562. The van der Waals surface area contributed by atoms with Crippen molar-refractivity contribution >= 4 is 51.7 Å². The summed E-state index contributed by atoms with van der Waals surface area (Å²) in [5, 5.41) is 13.6. The summed E-state index contributed by atoms with van der Waals surface area (Å²) in [4.78, 5) is 31.1. The zero-order valence-electron chi connectivity index (χ0n) is 23.9. The summed E-state index contributed by atoms with van der Waals surface area (Å²) in [6.07, 6.45) is 4.68. The van der Waals surface area contributed by atoms with Crippen molar-refractivity contribution in [3.05, 3.63) is 98.1 Å². The summed E-state index contributed by atoms with van der Waals surface area (Å²) in [7, 11) is 0. The van der Waals surface area contributed by atoms with Gasteiger partial charge in [-0.15, -0.1) is 11.3 Å². The molecule has 8 heteroatoms. The Morgan fingerprint density at radius 3 is 2.41 bits per heavy atom. The summed E-state index contributed by atoms with van der Waals surface area (Å²) in [5.41, 5.74) is 6.70. The molecule has 4 aromatic rings. The average Bonchev–Trinajstić information content (AvgIpc) is 3.43. The van der Waals surface area contributed by atoms with Gasteiger partial charge in [0.1, 0.15) is 5.00 Å². The first-order chi connectivity index (χ1) is 19.4. The molecule has 212 valence electrons. The number of nitrogens with one attached hydrogen (secondary N) is 1. The van der Waals surface area contributed by atoms with Crippen molar-refractivity contribution in [3.63, 3.8) is 0 Å². The molecular formula is C33H34ClN3O3S. The van der Waals surface area contributed by atoms with Gasteiger partial charge in [-0.1, -0.05) is 32.4 Å². The van der Waals surface area contributed by atoms with Crippen LogP contribution < -0.4 is 5.32 Å². The lowest BCUT2D eigenvalue weighted by molar-refractivity contribution is 0.0696. The van der Waals surface area contributed by atoms with E-state index in [0.29, 0.717) is 27.2 Å². The van der Waals surface area contributed by atoms with Crippen LogP contribution in [-0.4, -0.2) is 27.8 Å². The number of fused-ring (bicyclic) bond motifs is 1. The number of hydrogen-bond acceptors (Lipinski definition) is 4. The van der Waals surface area contributed by atoms with E-state index < -0.39 is 5.97 Å². The van der Waals surface area contributed by atoms with Gasteiger partial charge in [0.15, 0.2) is 0 Å². The first kappa shape index (κ1) is 28.8. The number of halogens is 1. The lowest BCUT2D eigenvalue weighted by Gasteiger charge is -2.33. The number of hydrogen-bond donors (Lipinski definition) is 2. The molecule has 0 saturated carbocycles. The van der Waals surface area contributed by atoms with E-state index in [1.807, 2.05) is 32.2 Å². The molecule has 5 rings (SSSR count). The number of thiophene rings is 1. The lowest BCUT2D eigenvalue weighted by atomic mass is 9.72. The number of aliphatic imine (C=N–C) groups is 1. The van der Waals surface area contributed by atoms with Crippen molar-refractivity contribution in [2.24, 2.45) is 16.3 Å². The van der Waals surface area contributed by atoms with Gasteiger partial charge in [0.25, 0.3) is 5.91 Å². The third-order valence-electron chi connectivity index (χ3n) is 7.96. The van der Waals surface area contributed by atoms with Gasteiger partial charge in [-0.25, -0.2) is 9.79 Å². The number of carboxylic acids is 1. The Balaban J connectivity index is 1.50. The van der Waals surface area contributed by atoms with Crippen LogP contribution in [0.15, 0.2) is 59.6 Å². The summed E-state index contributed by atoms with van der Waals surface area (Å²) in [6.45, 7) is 10.9. The minimum Gasteiger partial charge on any atom is -0.478 e. The van der Waals surface area contributed by atoms with E-state index in [1.54, 1.807) is 47.7 Å². The van der Waals surface area contributed by atoms with Crippen molar-refractivity contribution in [3.8, 4) is 5.69 Å². The Bertz CT molecular complexity index is 1640. The van der Waals surface area contributed by atoms with E-state index in [0.717, 1.165) is 47.5 Å².